The van der Waals surface area contributed by atoms with E-state index < -0.39 is 0 Å². The highest BCUT2D eigenvalue weighted by atomic mass is 16.5. The van der Waals surface area contributed by atoms with E-state index in [2.05, 4.69) is 39.5 Å². The Hall–Kier alpha value is -2.73. The second kappa shape index (κ2) is 10.7. The first-order valence-corrected chi connectivity index (χ1v) is 10.5. The van der Waals surface area contributed by atoms with E-state index in [1.165, 1.54) is 18.4 Å². The Morgan fingerprint density at radius 3 is 2.48 bits per heavy atom. The van der Waals surface area contributed by atoms with E-state index in [-0.39, 0.29) is 6.04 Å². The maximum atomic E-state index is 6.24. The fourth-order valence-electron chi connectivity index (χ4n) is 3.67. The summed E-state index contributed by atoms with van der Waals surface area (Å²) in [6, 6.07) is 16.5. The molecular formula is C23H32N4O2. The third-order valence-corrected chi connectivity index (χ3v) is 5.02. The molecule has 0 aliphatic carbocycles. The Bertz CT molecular complexity index is 789. The van der Waals surface area contributed by atoms with Crippen LogP contribution < -0.4 is 20.5 Å². The Kier molecular flexibility index (Phi) is 7.76. The van der Waals surface area contributed by atoms with Crippen LogP contribution in [0.4, 0.5) is 5.69 Å². The number of nitrogens with one attached hydrogen (secondary N) is 1. The number of aliphatic imine (C=N–C) groups is 1. The number of anilines is 1. The van der Waals surface area contributed by atoms with Crippen molar-refractivity contribution in [2.45, 2.75) is 32.7 Å². The van der Waals surface area contributed by atoms with Gasteiger partial charge in [-0.1, -0.05) is 30.3 Å². The lowest BCUT2D eigenvalue weighted by Crippen LogP contribution is -2.30. The van der Waals surface area contributed by atoms with Crippen molar-refractivity contribution in [1.82, 2.24) is 4.90 Å². The molecule has 1 aliphatic heterocycles. The smallest absolute Gasteiger partial charge is 0.193 e. The fourth-order valence-corrected chi connectivity index (χ4v) is 3.67. The van der Waals surface area contributed by atoms with Crippen LogP contribution in [-0.4, -0.2) is 43.7 Å². The number of hydrogen-bond donors (Lipinski definition) is 2. The van der Waals surface area contributed by atoms with E-state index in [1.54, 1.807) is 0 Å². The van der Waals surface area contributed by atoms with Gasteiger partial charge in [0.2, 0.25) is 0 Å². The maximum Gasteiger partial charge on any atom is 0.193 e. The number of ether oxygens (including phenoxy) is 2. The quantitative estimate of drug-likeness (QED) is 0.494. The molecule has 29 heavy (non-hydrogen) atoms. The minimum Gasteiger partial charge on any atom is -0.494 e. The zero-order valence-electron chi connectivity index (χ0n) is 17.4. The number of benzene rings is 2. The van der Waals surface area contributed by atoms with Gasteiger partial charge in [-0.15, -0.1) is 0 Å². The van der Waals surface area contributed by atoms with Gasteiger partial charge in [0.15, 0.2) is 5.96 Å². The van der Waals surface area contributed by atoms with Crippen molar-refractivity contribution in [3.8, 4) is 11.5 Å². The highest BCUT2D eigenvalue weighted by molar-refractivity contribution is 5.94. The average Bonchev–Trinajstić information content (AvgIpc) is 3.26. The Balaban J connectivity index is 1.74. The maximum absolute atomic E-state index is 6.24. The number of hydrogen-bond acceptors (Lipinski definition) is 4. The molecule has 1 saturated heterocycles. The van der Waals surface area contributed by atoms with Crippen LogP contribution in [0.25, 0.3) is 0 Å². The van der Waals surface area contributed by atoms with E-state index in [0.29, 0.717) is 25.7 Å². The van der Waals surface area contributed by atoms with Crippen molar-refractivity contribution < 1.29 is 9.47 Å². The molecule has 2 aromatic rings. The molecule has 0 amide bonds. The number of guanidine groups is 1. The minimum absolute atomic E-state index is 0.236. The van der Waals surface area contributed by atoms with Crippen molar-refractivity contribution in [3.63, 3.8) is 0 Å². The molecule has 0 aromatic heterocycles. The topological polar surface area (TPSA) is 72.1 Å². The van der Waals surface area contributed by atoms with Crippen LogP contribution in [0.2, 0.25) is 0 Å². The van der Waals surface area contributed by atoms with Crippen molar-refractivity contribution in [2.24, 2.45) is 10.7 Å². The molecular weight excluding hydrogens is 364 g/mol. The SMILES string of the molecule is CCOc1ccc(OCC)c(NC(N)=NCC(c2ccccc2)N2CCCC2)c1. The first-order valence-electron chi connectivity index (χ1n) is 10.5. The summed E-state index contributed by atoms with van der Waals surface area (Å²) in [4.78, 5) is 7.16. The molecule has 0 radical (unpaired) electrons. The highest BCUT2D eigenvalue weighted by Crippen LogP contribution is 2.30. The van der Waals surface area contributed by atoms with Gasteiger partial charge in [0.25, 0.3) is 0 Å². The van der Waals surface area contributed by atoms with Gasteiger partial charge >= 0.3 is 0 Å². The molecule has 1 aliphatic rings. The molecule has 0 spiro atoms. The van der Waals surface area contributed by atoms with Crippen LogP contribution in [0.15, 0.2) is 53.5 Å². The van der Waals surface area contributed by atoms with Gasteiger partial charge in [-0.25, -0.2) is 0 Å². The largest absolute Gasteiger partial charge is 0.494 e. The van der Waals surface area contributed by atoms with Crippen molar-refractivity contribution >= 4 is 11.6 Å². The lowest BCUT2D eigenvalue weighted by atomic mass is 10.1. The lowest BCUT2D eigenvalue weighted by molar-refractivity contribution is 0.252. The first kappa shape index (κ1) is 21.0. The van der Waals surface area contributed by atoms with Crippen LogP contribution in [0.5, 0.6) is 11.5 Å². The molecule has 1 heterocycles. The van der Waals surface area contributed by atoms with Crippen molar-refractivity contribution in [2.75, 3.05) is 38.2 Å². The second-order valence-corrected chi connectivity index (χ2v) is 7.04. The fraction of sp³-hybridized carbons (Fsp3) is 0.435. The molecule has 0 saturated carbocycles. The average molecular weight is 397 g/mol. The third-order valence-electron chi connectivity index (χ3n) is 5.02. The molecule has 6 heteroatoms. The van der Waals surface area contributed by atoms with Crippen molar-refractivity contribution in [1.29, 1.82) is 0 Å². The predicted octanol–water partition coefficient (Wildman–Crippen LogP) is 4.05. The van der Waals surface area contributed by atoms with Crippen molar-refractivity contribution in [3.05, 3.63) is 54.1 Å². The number of rotatable bonds is 9. The summed E-state index contributed by atoms with van der Waals surface area (Å²) in [5.41, 5.74) is 8.28. The van der Waals surface area contributed by atoms with Crippen LogP contribution in [0.1, 0.15) is 38.3 Å². The predicted molar refractivity (Wildman–Crippen MR) is 119 cm³/mol. The monoisotopic (exact) mass is 396 g/mol. The van der Waals surface area contributed by atoms with E-state index in [9.17, 15) is 0 Å². The minimum atomic E-state index is 0.236. The zero-order valence-corrected chi connectivity index (χ0v) is 17.4. The van der Waals surface area contributed by atoms with E-state index in [4.69, 9.17) is 15.2 Å². The summed E-state index contributed by atoms with van der Waals surface area (Å²) in [5, 5.41) is 3.20. The zero-order chi connectivity index (χ0) is 20.5. The van der Waals surface area contributed by atoms with Gasteiger partial charge in [-0.05, 0) is 57.5 Å². The molecule has 3 rings (SSSR count). The van der Waals surface area contributed by atoms with Gasteiger partial charge in [0.1, 0.15) is 11.5 Å². The van der Waals surface area contributed by atoms with E-state index >= 15 is 0 Å². The third kappa shape index (κ3) is 5.87. The summed E-state index contributed by atoms with van der Waals surface area (Å²) >= 11 is 0. The van der Waals surface area contributed by atoms with Gasteiger partial charge in [0, 0.05) is 6.07 Å². The number of nitrogens with zero attached hydrogens (tertiary/aromatic N) is 2. The Morgan fingerprint density at radius 1 is 1.07 bits per heavy atom. The first-order chi connectivity index (χ1) is 14.2. The molecule has 3 N–H and O–H groups in total. The summed E-state index contributed by atoms with van der Waals surface area (Å²) in [5.74, 6) is 1.87. The Labute approximate surface area is 173 Å². The van der Waals surface area contributed by atoms with E-state index in [0.717, 1.165) is 30.3 Å². The van der Waals surface area contributed by atoms with Gasteiger partial charge in [0.05, 0.1) is 31.5 Å². The summed E-state index contributed by atoms with van der Waals surface area (Å²) in [6.45, 7) is 7.91. The van der Waals surface area contributed by atoms with Crippen LogP contribution in [-0.2, 0) is 0 Å². The summed E-state index contributed by atoms with van der Waals surface area (Å²) in [7, 11) is 0. The highest BCUT2D eigenvalue weighted by Gasteiger charge is 2.23. The molecule has 6 nitrogen and oxygen atoms in total. The molecule has 0 bridgehead atoms. The van der Waals surface area contributed by atoms with E-state index in [1.807, 2.05) is 38.1 Å². The normalized spacial score (nSPS) is 15.9. The molecule has 2 aromatic carbocycles. The molecule has 1 unspecified atom stereocenters. The summed E-state index contributed by atoms with van der Waals surface area (Å²) < 4.78 is 11.3. The van der Waals surface area contributed by atoms with Gasteiger partial charge in [-0.2, -0.15) is 0 Å². The standard InChI is InChI=1S/C23H32N4O2/c1-3-28-19-12-13-22(29-4-2)20(16-19)26-23(24)25-17-21(27-14-8-9-15-27)18-10-6-5-7-11-18/h5-7,10-13,16,21H,3-4,8-9,14-15,17H2,1-2H3,(H3,24,25,26). The summed E-state index contributed by atoms with van der Waals surface area (Å²) in [6.07, 6.45) is 2.48. The van der Waals surface area contributed by atoms with Crippen LogP contribution >= 0.6 is 0 Å². The van der Waals surface area contributed by atoms with Crippen LogP contribution in [0.3, 0.4) is 0 Å². The molecule has 156 valence electrons. The lowest BCUT2D eigenvalue weighted by Gasteiger charge is -2.26. The number of likely N-dealkylation sites (tertiary alicyclic amines) is 1. The van der Waals surface area contributed by atoms with Crippen LogP contribution in [0, 0.1) is 0 Å². The molecule has 1 fully saturated rings. The molecule has 1 atom stereocenters. The van der Waals surface area contributed by atoms with Gasteiger partial charge < -0.3 is 20.5 Å². The van der Waals surface area contributed by atoms with Gasteiger partial charge in [-0.3, -0.25) is 9.89 Å². The number of nitrogens with two attached hydrogens (primary N) is 1. The Morgan fingerprint density at radius 2 is 1.79 bits per heavy atom. The second-order valence-electron chi connectivity index (χ2n) is 7.04.